The van der Waals surface area contributed by atoms with E-state index in [9.17, 15) is 13.2 Å². The Balaban J connectivity index is 2.02. The molecule has 1 atom stereocenters. The first-order chi connectivity index (χ1) is 12.2. The summed E-state index contributed by atoms with van der Waals surface area (Å²) in [6.45, 7) is 0.637. The van der Waals surface area contributed by atoms with Crippen LogP contribution in [-0.4, -0.2) is 64.7 Å². The van der Waals surface area contributed by atoms with Gasteiger partial charge in [0.1, 0.15) is 5.76 Å². The van der Waals surface area contributed by atoms with Gasteiger partial charge in [-0.25, -0.2) is 12.7 Å². The van der Waals surface area contributed by atoms with Crippen LogP contribution in [-0.2, 0) is 10.0 Å². The van der Waals surface area contributed by atoms with Crippen molar-refractivity contribution in [2.45, 2.75) is 10.9 Å². The van der Waals surface area contributed by atoms with E-state index in [2.05, 4.69) is 5.32 Å². The monoisotopic (exact) mass is 379 g/mol. The van der Waals surface area contributed by atoms with Gasteiger partial charge in [0.05, 0.1) is 23.7 Å². The first-order valence-electron chi connectivity index (χ1n) is 8.20. The van der Waals surface area contributed by atoms with Crippen molar-refractivity contribution >= 4 is 15.8 Å². The molecule has 26 heavy (non-hydrogen) atoms. The smallest absolute Gasteiger partial charge is 0.242 e. The number of carbonyl (C=O) groups excluding carboxylic acids is 1. The van der Waals surface area contributed by atoms with Gasteiger partial charge in [-0.15, -0.1) is 0 Å². The number of ketones is 1. The van der Waals surface area contributed by atoms with Crippen molar-refractivity contribution in [2.24, 2.45) is 0 Å². The third-order valence-corrected chi connectivity index (χ3v) is 5.86. The van der Waals surface area contributed by atoms with E-state index < -0.39 is 10.0 Å². The lowest BCUT2D eigenvalue weighted by molar-refractivity contribution is 0.0987. The Bertz CT molecular complexity index is 830. The maximum absolute atomic E-state index is 12.4. The summed E-state index contributed by atoms with van der Waals surface area (Å²) in [5.41, 5.74) is 0.361. The SMILES string of the molecule is CN(C)C(CNCC(=O)c1cccc(S(=O)(=O)N(C)C)c1)c1ccco1. The molecule has 1 aromatic heterocycles. The summed E-state index contributed by atoms with van der Waals surface area (Å²) in [5.74, 6) is 0.645. The summed E-state index contributed by atoms with van der Waals surface area (Å²) < 4.78 is 31.0. The van der Waals surface area contributed by atoms with Gasteiger partial charge in [0, 0.05) is 26.2 Å². The third-order valence-electron chi connectivity index (χ3n) is 4.05. The maximum Gasteiger partial charge on any atom is 0.242 e. The van der Waals surface area contributed by atoms with E-state index in [1.165, 1.54) is 26.2 Å². The number of rotatable bonds is 9. The van der Waals surface area contributed by atoms with Crippen LogP contribution in [0.2, 0.25) is 0 Å². The molecule has 1 heterocycles. The topological polar surface area (TPSA) is 82.9 Å². The van der Waals surface area contributed by atoms with Crippen molar-refractivity contribution in [1.29, 1.82) is 0 Å². The highest BCUT2D eigenvalue weighted by Gasteiger charge is 2.20. The molecule has 1 N–H and O–H groups in total. The predicted octanol–water partition coefficient (Wildman–Crippen LogP) is 1.61. The molecule has 0 fully saturated rings. The number of carbonyl (C=O) groups is 1. The molecule has 0 aliphatic heterocycles. The number of hydrogen-bond donors (Lipinski definition) is 1. The van der Waals surface area contributed by atoms with Crippen molar-refractivity contribution in [3.8, 4) is 0 Å². The van der Waals surface area contributed by atoms with Crippen molar-refractivity contribution in [3.63, 3.8) is 0 Å². The van der Waals surface area contributed by atoms with E-state index in [-0.39, 0.29) is 23.3 Å². The minimum absolute atomic E-state index is 0.00162. The molecule has 0 saturated heterocycles. The molecule has 0 aliphatic rings. The first-order valence-corrected chi connectivity index (χ1v) is 9.64. The molecule has 142 valence electrons. The van der Waals surface area contributed by atoms with E-state index in [4.69, 9.17) is 4.42 Å². The highest BCUT2D eigenvalue weighted by molar-refractivity contribution is 7.89. The van der Waals surface area contributed by atoms with Crippen LogP contribution in [0.1, 0.15) is 22.2 Å². The summed E-state index contributed by atoms with van der Waals surface area (Å²) in [7, 11) is 3.23. The van der Waals surface area contributed by atoms with E-state index >= 15 is 0 Å². The van der Waals surface area contributed by atoms with E-state index in [0.717, 1.165) is 10.1 Å². The molecule has 0 amide bonds. The van der Waals surface area contributed by atoms with Crippen molar-refractivity contribution in [3.05, 3.63) is 54.0 Å². The molecule has 1 aromatic carbocycles. The molecule has 0 bridgehead atoms. The molecule has 7 nitrogen and oxygen atoms in total. The molecule has 8 heteroatoms. The van der Waals surface area contributed by atoms with Crippen LogP contribution in [0, 0.1) is 0 Å². The second kappa shape index (κ2) is 8.59. The Labute approximate surface area is 154 Å². The molecule has 0 spiro atoms. The van der Waals surface area contributed by atoms with Gasteiger partial charge in [-0.3, -0.25) is 9.69 Å². The Hall–Kier alpha value is -2.00. The second-order valence-corrected chi connectivity index (χ2v) is 8.52. The lowest BCUT2D eigenvalue weighted by atomic mass is 10.1. The molecule has 0 saturated carbocycles. The molecule has 2 aromatic rings. The van der Waals surface area contributed by atoms with Gasteiger partial charge in [0.2, 0.25) is 10.0 Å². The largest absolute Gasteiger partial charge is 0.468 e. The molecule has 2 rings (SSSR count). The number of sulfonamides is 1. The number of likely N-dealkylation sites (N-methyl/N-ethyl adjacent to an activating group) is 1. The fourth-order valence-corrected chi connectivity index (χ4v) is 3.43. The summed E-state index contributed by atoms with van der Waals surface area (Å²) in [4.78, 5) is 14.5. The van der Waals surface area contributed by atoms with E-state index in [1.54, 1.807) is 18.4 Å². The number of nitrogens with one attached hydrogen (secondary N) is 1. The van der Waals surface area contributed by atoms with Crippen LogP contribution < -0.4 is 5.32 Å². The van der Waals surface area contributed by atoms with Crippen molar-refractivity contribution in [2.75, 3.05) is 41.3 Å². The van der Waals surface area contributed by atoms with Gasteiger partial charge in [-0.1, -0.05) is 12.1 Å². The van der Waals surface area contributed by atoms with Crippen LogP contribution in [0.5, 0.6) is 0 Å². The number of furan rings is 1. The van der Waals surface area contributed by atoms with Crippen LogP contribution in [0.4, 0.5) is 0 Å². The van der Waals surface area contributed by atoms with Crippen LogP contribution in [0.15, 0.2) is 52.0 Å². The van der Waals surface area contributed by atoms with Gasteiger partial charge in [-0.05, 0) is 38.4 Å². The zero-order valence-electron chi connectivity index (χ0n) is 15.5. The van der Waals surface area contributed by atoms with Gasteiger partial charge >= 0.3 is 0 Å². The fourth-order valence-electron chi connectivity index (χ4n) is 2.48. The summed E-state index contributed by atoms with van der Waals surface area (Å²) >= 11 is 0. The van der Waals surface area contributed by atoms with E-state index in [0.29, 0.717) is 12.1 Å². The fraction of sp³-hybridized carbons (Fsp3) is 0.389. The molecular formula is C18H25N3O4S. The number of nitrogens with zero attached hydrogens (tertiary/aromatic N) is 2. The van der Waals surface area contributed by atoms with Gasteiger partial charge in [0.25, 0.3) is 0 Å². The Morgan fingerprint density at radius 2 is 1.88 bits per heavy atom. The van der Waals surface area contributed by atoms with Gasteiger partial charge in [0.15, 0.2) is 5.78 Å². The Kier molecular flexibility index (Phi) is 6.71. The second-order valence-electron chi connectivity index (χ2n) is 6.36. The Morgan fingerprint density at radius 1 is 1.15 bits per heavy atom. The summed E-state index contributed by atoms with van der Waals surface area (Å²) in [6, 6.07) is 9.81. The average Bonchev–Trinajstić information content (AvgIpc) is 3.12. The van der Waals surface area contributed by atoms with Crippen LogP contribution in [0.3, 0.4) is 0 Å². The van der Waals surface area contributed by atoms with Crippen molar-refractivity contribution < 1.29 is 17.6 Å². The maximum atomic E-state index is 12.4. The van der Waals surface area contributed by atoms with Gasteiger partial charge in [-0.2, -0.15) is 0 Å². The molecule has 0 aliphatic carbocycles. The normalized spacial score (nSPS) is 13.3. The summed E-state index contributed by atoms with van der Waals surface area (Å²) in [5, 5.41) is 3.12. The highest BCUT2D eigenvalue weighted by Crippen LogP contribution is 2.18. The summed E-state index contributed by atoms with van der Waals surface area (Å²) in [6.07, 6.45) is 1.62. The Morgan fingerprint density at radius 3 is 2.46 bits per heavy atom. The number of benzene rings is 1. The van der Waals surface area contributed by atoms with Crippen LogP contribution >= 0.6 is 0 Å². The molecule has 0 radical (unpaired) electrons. The zero-order valence-corrected chi connectivity index (χ0v) is 16.3. The van der Waals surface area contributed by atoms with Crippen LogP contribution in [0.25, 0.3) is 0 Å². The lowest BCUT2D eigenvalue weighted by Gasteiger charge is -2.22. The molecule has 1 unspecified atom stereocenters. The first kappa shape index (κ1) is 20.3. The van der Waals surface area contributed by atoms with Gasteiger partial charge < -0.3 is 9.73 Å². The minimum Gasteiger partial charge on any atom is -0.468 e. The standard InChI is InChI=1S/C18H25N3O4S/c1-20(2)16(18-9-6-10-25-18)12-19-13-17(22)14-7-5-8-15(11-14)26(23,24)21(3)4/h5-11,16,19H,12-13H2,1-4H3. The third kappa shape index (κ3) is 4.79. The highest BCUT2D eigenvalue weighted by atomic mass is 32.2. The zero-order chi connectivity index (χ0) is 19.3. The average molecular weight is 379 g/mol. The lowest BCUT2D eigenvalue weighted by Crippen LogP contribution is -2.33. The van der Waals surface area contributed by atoms with Crippen molar-refractivity contribution in [1.82, 2.24) is 14.5 Å². The minimum atomic E-state index is -3.57. The quantitative estimate of drug-likeness (QED) is 0.667. The number of hydrogen-bond acceptors (Lipinski definition) is 6. The molecular weight excluding hydrogens is 354 g/mol. The number of Topliss-reactive ketones (excluding diaryl/α,β-unsaturated/α-hetero) is 1. The predicted molar refractivity (Wildman–Crippen MR) is 99.7 cm³/mol. The van der Waals surface area contributed by atoms with E-state index in [1.807, 2.05) is 31.1 Å².